The normalized spacial score (nSPS) is 41.1. The second-order valence-corrected chi connectivity index (χ2v) is 13.4. The van der Waals surface area contributed by atoms with E-state index in [9.17, 15) is 71.5 Å². The van der Waals surface area contributed by atoms with Crippen molar-refractivity contribution in [3.8, 4) is 28.7 Å². The molecule has 4 aliphatic rings. The highest BCUT2D eigenvalue weighted by Gasteiger charge is 2.54. The first kappa shape index (κ1) is 40.5. The molecule has 0 unspecified atom stereocenters. The zero-order valence-electron chi connectivity index (χ0n) is 28.1. The number of aromatic hydroxyl groups is 3. The summed E-state index contributed by atoms with van der Waals surface area (Å²) in [7, 11) is 0. The van der Waals surface area contributed by atoms with Crippen LogP contribution in [0.2, 0.25) is 0 Å². The summed E-state index contributed by atoms with van der Waals surface area (Å²) >= 11 is 0. The van der Waals surface area contributed by atoms with Gasteiger partial charge in [-0.1, -0.05) is 6.07 Å². The zero-order chi connectivity index (χ0) is 39.2. The van der Waals surface area contributed by atoms with E-state index in [0.717, 1.165) is 6.07 Å². The first-order valence-electron chi connectivity index (χ1n) is 16.9. The van der Waals surface area contributed by atoms with Gasteiger partial charge in [0.25, 0.3) is 0 Å². The molecule has 302 valence electrons. The molecule has 2 aromatic carbocycles. The summed E-state index contributed by atoms with van der Waals surface area (Å²) < 4.78 is 39.1. The Balaban J connectivity index is 1.17. The summed E-state index contributed by atoms with van der Waals surface area (Å²) in [5, 5.41) is 146. The van der Waals surface area contributed by atoms with Crippen molar-refractivity contribution in [3.63, 3.8) is 0 Å². The minimum absolute atomic E-state index is 0.0441. The highest BCUT2D eigenvalue weighted by molar-refractivity contribution is 5.52. The summed E-state index contributed by atoms with van der Waals surface area (Å²) in [6.07, 6.45) is -29.1. The predicted octanol–water partition coefficient (Wildman–Crippen LogP) is -5.33. The lowest BCUT2D eigenvalue weighted by atomic mass is 9.94. The molecule has 6 rings (SSSR count). The van der Waals surface area contributed by atoms with Gasteiger partial charge in [-0.3, -0.25) is 0 Å². The van der Waals surface area contributed by atoms with E-state index in [1.165, 1.54) is 24.3 Å². The van der Waals surface area contributed by atoms with Gasteiger partial charge >= 0.3 is 0 Å². The molecule has 0 amide bonds. The maximum absolute atomic E-state index is 11.3. The van der Waals surface area contributed by atoms with Crippen LogP contribution in [0.15, 0.2) is 30.3 Å². The van der Waals surface area contributed by atoms with Crippen LogP contribution in [-0.2, 0) is 30.1 Å². The Hall–Kier alpha value is -3.20. The lowest BCUT2D eigenvalue weighted by Gasteiger charge is -2.48. The molecule has 54 heavy (non-hydrogen) atoms. The number of rotatable bonds is 10. The van der Waals surface area contributed by atoms with Gasteiger partial charge in [0, 0.05) is 24.1 Å². The molecule has 0 aliphatic carbocycles. The van der Waals surface area contributed by atoms with Gasteiger partial charge in [-0.15, -0.1) is 0 Å². The number of hydrogen-bond donors (Lipinski definition) is 14. The number of hydrogen-bond acceptors (Lipinski definition) is 21. The predicted molar refractivity (Wildman–Crippen MR) is 171 cm³/mol. The van der Waals surface area contributed by atoms with E-state index in [1.54, 1.807) is 0 Å². The number of phenols is 3. The maximum atomic E-state index is 11.3. The number of benzene rings is 2. The molecular weight excluding hydrogens is 732 g/mol. The fraction of sp³-hybridized carbons (Fsp3) is 0.636. The number of aliphatic hydroxyl groups excluding tert-OH is 11. The number of ether oxygens (including phenoxy) is 7. The van der Waals surface area contributed by atoms with E-state index in [1.807, 2.05) is 0 Å². The van der Waals surface area contributed by atoms with E-state index in [4.69, 9.17) is 33.2 Å². The molecule has 0 spiro atoms. The minimum atomic E-state index is -2.03. The highest BCUT2D eigenvalue weighted by Crippen LogP contribution is 2.43. The van der Waals surface area contributed by atoms with Crippen LogP contribution < -0.4 is 9.47 Å². The van der Waals surface area contributed by atoms with Gasteiger partial charge in [0.15, 0.2) is 24.1 Å². The second kappa shape index (κ2) is 16.5. The van der Waals surface area contributed by atoms with E-state index in [2.05, 4.69) is 0 Å². The second-order valence-electron chi connectivity index (χ2n) is 13.4. The smallest absolute Gasteiger partial charge is 0.229 e. The zero-order valence-corrected chi connectivity index (χ0v) is 28.1. The van der Waals surface area contributed by atoms with Crippen LogP contribution in [0.25, 0.3) is 0 Å². The molecule has 3 fully saturated rings. The molecule has 0 saturated carbocycles. The third-order valence-electron chi connectivity index (χ3n) is 9.82. The van der Waals surface area contributed by atoms with Gasteiger partial charge in [0.05, 0.1) is 25.9 Å². The summed E-state index contributed by atoms with van der Waals surface area (Å²) in [5.74, 6) is -1.26. The number of phenolic OH excluding ortho intramolecular Hbond substituents is 3. The maximum Gasteiger partial charge on any atom is 0.229 e. The largest absolute Gasteiger partial charge is 0.508 e. The Morgan fingerprint density at radius 2 is 1.11 bits per heavy atom. The standard InChI is InChI=1S/C33H44O21/c34-7-18-21(41)24(44)25(45)31(50-18)53-30-23(43)20(9-36)52-33(27(30)47)54-29-22(42)19(8-35)51-32(26(29)46)49-16-2-1-10(3-14(16)39)28-15(40)6-12-13(38)4-11(37)5-17(12)48-28/h1-5,15,18-47H,6-9H2/t15-,18-,19-,20-,21-,22-,23-,24+,25-,26-,27-,28+,29+,30+,31-,32+,33-/m1/s1. The first-order chi connectivity index (χ1) is 25.7. The van der Waals surface area contributed by atoms with Crippen LogP contribution in [0.5, 0.6) is 28.7 Å². The van der Waals surface area contributed by atoms with Crippen molar-refractivity contribution < 1.29 is 105 Å². The van der Waals surface area contributed by atoms with Crippen molar-refractivity contribution in [1.82, 2.24) is 0 Å². The molecule has 4 aliphatic heterocycles. The van der Waals surface area contributed by atoms with Crippen LogP contribution in [0, 0.1) is 0 Å². The highest BCUT2D eigenvalue weighted by atomic mass is 16.8. The van der Waals surface area contributed by atoms with E-state index in [0.29, 0.717) is 0 Å². The Bertz CT molecular complexity index is 1580. The van der Waals surface area contributed by atoms with Crippen molar-refractivity contribution in [3.05, 3.63) is 41.5 Å². The molecule has 0 aromatic heterocycles. The summed E-state index contributed by atoms with van der Waals surface area (Å²) in [6.45, 7) is -2.55. The molecule has 3 saturated heterocycles. The summed E-state index contributed by atoms with van der Waals surface area (Å²) in [5.41, 5.74) is 0.521. The van der Waals surface area contributed by atoms with Crippen molar-refractivity contribution in [2.45, 2.75) is 111 Å². The first-order valence-corrected chi connectivity index (χ1v) is 16.9. The Kier molecular flexibility index (Phi) is 12.4. The lowest BCUT2D eigenvalue weighted by Crippen LogP contribution is -2.67. The summed E-state index contributed by atoms with van der Waals surface area (Å²) in [6, 6.07) is 6.18. The molecule has 21 heteroatoms. The fourth-order valence-electron chi connectivity index (χ4n) is 6.81. The molecule has 0 radical (unpaired) electrons. The molecule has 2 aromatic rings. The Labute approximate surface area is 305 Å². The molecule has 21 nitrogen and oxygen atoms in total. The average molecular weight is 777 g/mol. The van der Waals surface area contributed by atoms with Crippen LogP contribution in [-0.4, -0.2) is 190 Å². The van der Waals surface area contributed by atoms with Crippen LogP contribution in [0.3, 0.4) is 0 Å². The van der Waals surface area contributed by atoms with Crippen molar-refractivity contribution >= 4 is 0 Å². The third-order valence-corrected chi connectivity index (χ3v) is 9.82. The van der Waals surface area contributed by atoms with Gasteiger partial charge < -0.3 is 105 Å². The van der Waals surface area contributed by atoms with Crippen molar-refractivity contribution in [1.29, 1.82) is 0 Å². The monoisotopic (exact) mass is 776 g/mol. The fourth-order valence-corrected chi connectivity index (χ4v) is 6.81. The van der Waals surface area contributed by atoms with Gasteiger partial charge in [-0.25, -0.2) is 0 Å². The molecule has 4 heterocycles. The Morgan fingerprint density at radius 1 is 0.574 bits per heavy atom. The van der Waals surface area contributed by atoms with E-state index >= 15 is 0 Å². The van der Waals surface area contributed by atoms with Gasteiger partial charge in [-0.2, -0.15) is 0 Å². The van der Waals surface area contributed by atoms with Gasteiger partial charge in [0.2, 0.25) is 6.29 Å². The van der Waals surface area contributed by atoms with Crippen molar-refractivity contribution in [2.75, 3.05) is 19.8 Å². The van der Waals surface area contributed by atoms with Crippen molar-refractivity contribution in [2.24, 2.45) is 0 Å². The van der Waals surface area contributed by atoms with E-state index in [-0.39, 0.29) is 40.5 Å². The van der Waals surface area contributed by atoms with Crippen LogP contribution >= 0.6 is 0 Å². The Morgan fingerprint density at radius 3 is 1.69 bits per heavy atom. The van der Waals surface area contributed by atoms with Crippen LogP contribution in [0.4, 0.5) is 0 Å². The molecule has 14 N–H and O–H groups in total. The topological polar surface area (TPSA) is 348 Å². The minimum Gasteiger partial charge on any atom is -0.508 e. The SMILES string of the molecule is OC[C@H]1O[C@H](O[C@@H]2[C@@H](O)[C@@H](O[C@@H]3[C@@H](O)[C@@H](Oc4ccc([C@@H]5Oc6cc(O)cc(O)c6C[C@H]5O)cc4O)O[C@H](CO)[C@H]3O)O[C@H](CO)[C@H]2O)[C@H](O)[C@@H](O)[C@@H]1O. The lowest BCUT2D eigenvalue weighted by molar-refractivity contribution is -0.378. The van der Waals surface area contributed by atoms with E-state index < -0.39 is 130 Å². The number of aliphatic hydroxyl groups is 11. The van der Waals surface area contributed by atoms with Gasteiger partial charge in [0.1, 0.15) is 96.6 Å². The quantitative estimate of drug-likeness (QED) is 0.107. The molecule has 0 bridgehead atoms. The summed E-state index contributed by atoms with van der Waals surface area (Å²) in [4.78, 5) is 0. The van der Waals surface area contributed by atoms with Gasteiger partial charge in [-0.05, 0) is 17.7 Å². The third kappa shape index (κ3) is 7.77. The molecular formula is C33H44O21. The molecule has 17 atom stereocenters. The number of fused-ring (bicyclic) bond motifs is 1. The average Bonchev–Trinajstić information content (AvgIpc) is 3.14. The van der Waals surface area contributed by atoms with Crippen LogP contribution in [0.1, 0.15) is 17.2 Å².